The molecule has 0 aliphatic heterocycles. The summed E-state index contributed by atoms with van der Waals surface area (Å²) in [6.45, 7) is 5.91. The number of ether oxygens (including phenoxy) is 1. The summed E-state index contributed by atoms with van der Waals surface area (Å²) in [4.78, 5) is 16.8. The Kier molecular flexibility index (Phi) is 6.13. The zero-order valence-electron chi connectivity index (χ0n) is 18.6. The fourth-order valence-corrected chi connectivity index (χ4v) is 4.16. The van der Waals surface area contributed by atoms with Gasteiger partial charge in [-0.15, -0.1) is 11.6 Å². The minimum absolute atomic E-state index is 0.0148. The fourth-order valence-electron chi connectivity index (χ4n) is 3.87. The van der Waals surface area contributed by atoms with Gasteiger partial charge in [-0.2, -0.15) is 4.98 Å². The highest BCUT2D eigenvalue weighted by atomic mass is 35.5. The Labute approximate surface area is 192 Å². The Morgan fingerprint density at radius 3 is 2.72 bits per heavy atom. The van der Waals surface area contributed by atoms with Gasteiger partial charge in [0.15, 0.2) is 0 Å². The zero-order chi connectivity index (χ0) is 22.9. The van der Waals surface area contributed by atoms with Crippen LogP contribution in [0.1, 0.15) is 30.8 Å². The summed E-state index contributed by atoms with van der Waals surface area (Å²) in [5.74, 6) is 0.808. The van der Waals surface area contributed by atoms with Gasteiger partial charge in [0.1, 0.15) is 5.78 Å². The largest absolute Gasteiger partial charge is 0.380 e. The molecule has 2 unspecified atom stereocenters. The third kappa shape index (κ3) is 4.06. The van der Waals surface area contributed by atoms with E-state index in [-0.39, 0.29) is 5.78 Å². The molecule has 0 fully saturated rings. The summed E-state index contributed by atoms with van der Waals surface area (Å²) in [5, 5.41) is 3.73. The van der Waals surface area contributed by atoms with Crippen LogP contribution in [-0.4, -0.2) is 28.4 Å². The number of hydrogen-bond donors (Lipinski definition) is 0. The van der Waals surface area contributed by atoms with Gasteiger partial charge in [0, 0.05) is 18.2 Å². The van der Waals surface area contributed by atoms with Crippen molar-refractivity contribution < 1.29 is 14.1 Å². The summed E-state index contributed by atoms with van der Waals surface area (Å²) in [7, 11) is 1.68. The van der Waals surface area contributed by atoms with E-state index >= 15 is 0 Å². The smallest absolute Gasteiger partial charge is 0.258 e. The number of aryl methyl sites for hydroxylation is 1. The lowest BCUT2D eigenvalue weighted by molar-refractivity contribution is -0.123. The number of carbonyl (C=O) groups excluding carboxylic acids is 1. The van der Waals surface area contributed by atoms with Crippen molar-refractivity contribution in [1.82, 2.24) is 10.1 Å². The normalized spacial score (nSPS) is 20.3. The number of allylic oxidation sites excluding steroid dienone is 4. The number of Topliss-reactive ketones (excluding diaryl/α,β-unsaturated/α-hetero) is 1. The molecule has 1 aliphatic carbocycles. The number of alkyl halides is 1. The second kappa shape index (κ2) is 8.85. The first kappa shape index (κ1) is 22.2. The predicted octanol–water partition coefficient (Wildman–Crippen LogP) is 6.01. The molecular formula is C26H25ClN2O3. The van der Waals surface area contributed by atoms with E-state index in [0.29, 0.717) is 23.9 Å². The highest BCUT2D eigenvalue weighted by molar-refractivity contribution is 6.24. The molecule has 6 heteroatoms. The number of nitrogens with zero attached hydrogens (tertiary/aromatic N) is 2. The van der Waals surface area contributed by atoms with Crippen LogP contribution in [0.5, 0.6) is 0 Å². The van der Waals surface area contributed by atoms with Crippen molar-refractivity contribution in [2.24, 2.45) is 5.41 Å². The first-order chi connectivity index (χ1) is 15.3. The van der Waals surface area contributed by atoms with Gasteiger partial charge in [-0.3, -0.25) is 4.79 Å². The topological polar surface area (TPSA) is 65.2 Å². The molecule has 0 spiro atoms. The molecule has 1 aromatic heterocycles. The number of carbonyl (C=O) groups is 1. The summed E-state index contributed by atoms with van der Waals surface area (Å²) in [5.41, 5.74) is 5.20. The van der Waals surface area contributed by atoms with Crippen molar-refractivity contribution >= 4 is 23.0 Å². The molecule has 5 nitrogen and oxygen atoms in total. The number of hydrogen-bond acceptors (Lipinski definition) is 5. The maximum absolute atomic E-state index is 12.2. The van der Waals surface area contributed by atoms with Crippen LogP contribution in [0.2, 0.25) is 0 Å². The van der Waals surface area contributed by atoms with E-state index in [0.717, 1.165) is 22.3 Å². The molecule has 0 saturated carbocycles. The summed E-state index contributed by atoms with van der Waals surface area (Å²) in [6, 6.07) is 14.3. The minimum atomic E-state index is -0.812. The summed E-state index contributed by atoms with van der Waals surface area (Å²) >= 11 is 6.37. The fraction of sp³-hybridized carbons (Fsp3) is 0.269. The molecule has 4 rings (SSSR count). The average molecular weight is 449 g/mol. The van der Waals surface area contributed by atoms with E-state index in [2.05, 4.69) is 35.3 Å². The molecule has 0 amide bonds. The Morgan fingerprint density at radius 2 is 2.00 bits per heavy atom. The Hall–Kier alpha value is -3.02. The third-order valence-electron chi connectivity index (χ3n) is 6.00. The quantitative estimate of drug-likeness (QED) is 0.432. The van der Waals surface area contributed by atoms with E-state index in [1.807, 2.05) is 43.3 Å². The van der Waals surface area contributed by atoms with E-state index in [1.54, 1.807) is 13.2 Å². The highest BCUT2D eigenvalue weighted by Gasteiger charge is 2.37. The maximum atomic E-state index is 12.2. The number of halogens is 1. The molecule has 0 bridgehead atoms. The van der Waals surface area contributed by atoms with Gasteiger partial charge in [0.2, 0.25) is 5.82 Å². The van der Waals surface area contributed by atoms with Gasteiger partial charge in [-0.25, -0.2) is 0 Å². The Morgan fingerprint density at radius 1 is 1.22 bits per heavy atom. The van der Waals surface area contributed by atoms with Gasteiger partial charge in [-0.1, -0.05) is 53.7 Å². The molecule has 32 heavy (non-hydrogen) atoms. The van der Waals surface area contributed by atoms with Crippen molar-refractivity contribution in [3.05, 3.63) is 77.6 Å². The van der Waals surface area contributed by atoms with E-state index in [9.17, 15) is 4.79 Å². The van der Waals surface area contributed by atoms with Crippen LogP contribution in [0, 0.1) is 12.3 Å². The van der Waals surface area contributed by atoms with Crippen molar-refractivity contribution in [2.75, 3.05) is 7.11 Å². The molecule has 1 heterocycles. The first-order valence-corrected chi connectivity index (χ1v) is 10.9. The van der Waals surface area contributed by atoms with Crippen LogP contribution in [0.15, 0.2) is 65.2 Å². The number of aromatic nitrogens is 2. The molecule has 1 aliphatic rings. The van der Waals surface area contributed by atoms with Crippen molar-refractivity contribution in [3.8, 4) is 22.6 Å². The molecular weight excluding hydrogens is 424 g/mol. The van der Waals surface area contributed by atoms with Gasteiger partial charge >= 0.3 is 0 Å². The number of benzene rings is 2. The number of methoxy groups -OCH3 is 1. The van der Waals surface area contributed by atoms with E-state index < -0.39 is 10.8 Å². The van der Waals surface area contributed by atoms with Crippen LogP contribution in [-0.2, 0) is 16.1 Å². The van der Waals surface area contributed by atoms with E-state index in [4.69, 9.17) is 20.9 Å². The Balaban J connectivity index is 1.71. The van der Waals surface area contributed by atoms with Crippen molar-refractivity contribution in [1.29, 1.82) is 0 Å². The molecule has 3 aromatic rings. The summed E-state index contributed by atoms with van der Waals surface area (Å²) < 4.78 is 11.0. The monoisotopic (exact) mass is 448 g/mol. The minimum Gasteiger partial charge on any atom is -0.380 e. The van der Waals surface area contributed by atoms with Gasteiger partial charge in [-0.05, 0) is 55.2 Å². The van der Waals surface area contributed by atoms with Crippen LogP contribution in [0.4, 0.5) is 0 Å². The first-order valence-electron chi connectivity index (χ1n) is 10.4. The molecule has 2 atom stereocenters. The van der Waals surface area contributed by atoms with Gasteiger partial charge in [0.25, 0.3) is 5.89 Å². The van der Waals surface area contributed by atoms with Gasteiger partial charge < -0.3 is 9.26 Å². The Bertz CT molecular complexity index is 1230. The van der Waals surface area contributed by atoms with Crippen LogP contribution in [0.3, 0.4) is 0 Å². The summed E-state index contributed by atoms with van der Waals surface area (Å²) in [6.07, 6.45) is 5.44. The highest BCUT2D eigenvalue weighted by Crippen LogP contribution is 2.38. The standard InChI is InChI=1S/C26H25ClN2O3/c1-16-7-5-6-8-21(16)22-11-9-18(13-20(22)15-31-4)25-28-24(29-32-25)19-10-12-23(27)26(3,14-19)17(2)30/h5-14,23H,15H2,1-4H3. The van der Waals surface area contributed by atoms with Crippen molar-refractivity contribution in [3.63, 3.8) is 0 Å². The third-order valence-corrected chi connectivity index (χ3v) is 6.60. The molecule has 0 saturated heterocycles. The zero-order valence-corrected chi connectivity index (χ0v) is 19.3. The average Bonchev–Trinajstić information content (AvgIpc) is 3.27. The lowest BCUT2D eigenvalue weighted by Crippen LogP contribution is -2.34. The van der Waals surface area contributed by atoms with Gasteiger partial charge in [0.05, 0.1) is 17.4 Å². The second-order valence-corrected chi connectivity index (χ2v) is 8.71. The molecule has 2 aromatic carbocycles. The molecule has 0 N–H and O–H groups in total. The van der Waals surface area contributed by atoms with Crippen molar-refractivity contribution in [2.45, 2.75) is 32.8 Å². The van der Waals surface area contributed by atoms with Crippen LogP contribution >= 0.6 is 11.6 Å². The molecule has 0 radical (unpaired) electrons. The van der Waals surface area contributed by atoms with E-state index in [1.165, 1.54) is 12.5 Å². The lowest BCUT2D eigenvalue weighted by Gasteiger charge is -2.29. The number of ketones is 1. The van der Waals surface area contributed by atoms with Crippen LogP contribution < -0.4 is 0 Å². The van der Waals surface area contributed by atoms with Crippen LogP contribution in [0.25, 0.3) is 28.2 Å². The number of rotatable bonds is 6. The maximum Gasteiger partial charge on any atom is 0.258 e. The predicted molar refractivity (Wildman–Crippen MR) is 126 cm³/mol. The SMILES string of the molecule is COCc1cc(-c2nc(C3=CC(C)(C(C)=O)C(Cl)C=C3)no2)ccc1-c1ccccc1C. The lowest BCUT2D eigenvalue weighted by atomic mass is 9.78. The second-order valence-electron chi connectivity index (χ2n) is 8.24. The molecule has 164 valence electrons.